The third-order valence-electron chi connectivity index (χ3n) is 3.23. The van der Waals surface area contributed by atoms with Crippen LogP contribution in [0.25, 0.3) is 0 Å². The van der Waals surface area contributed by atoms with E-state index in [0.717, 1.165) is 12.2 Å². The molecule has 0 heterocycles. The second-order valence-electron chi connectivity index (χ2n) is 6.05. The van der Waals surface area contributed by atoms with E-state index in [4.69, 9.17) is 9.47 Å². The first-order chi connectivity index (χ1) is 12.9. The Morgan fingerprint density at radius 3 is 2.30 bits per heavy atom. The molecule has 0 aromatic rings. The lowest BCUT2D eigenvalue weighted by atomic mass is 10.3. The first kappa shape index (κ1) is 24.7. The molecule has 0 unspecified atom stereocenters. The van der Waals surface area contributed by atoms with E-state index in [9.17, 15) is 19.2 Å². The summed E-state index contributed by atoms with van der Waals surface area (Å²) in [5.74, 6) is -0.564. The van der Waals surface area contributed by atoms with Crippen LogP contribution in [0.3, 0.4) is 0 Å². The molecule has 154 valence electrons. The number of carbonyl (C=O) groups excluding carboxylic acids is 4. The second-order valence-corrected chi connectivity index (χ2v) is 6.05. The molecule has 0 bridgehead atoms. The van der Waals surface area contributed by atoms with Crippen molar-refractivity contribution in [3.05, 3.63) is 12.2 Å². The van der Waals surface area contributed by atoms with E-state index in [0.29, 0.717) is 45.7 Å². The standard InChI is InChI=1S/C18H31N3O6/c1-15(2)20-17(24)7-11-26-13-14-27-12-8-19-16(23)6-9-21(3)18(25)5-4-10-22/h4-5,10,15H,6-9,11-14H2,1-3H3,(H,19,23)(H,20,24)/b5-4-. The highest BCUT2D eigenvalue weighted by molar-refractivity contribution is 5.91. The van der Waals surface area contributed by atoms with Gasteiger partial charge in [0.15, 0.2) is 0 Å². The number of allylic oxidation sites excluding steroid dienone is 1. The molecule has 0 aromatic heterocycles. The molecule has 0 aliphatic carbocycles. The van der Waals surface area contributed by atoms with E-state index in [2.05, 4.69) is 10.6 Å². The van der Waals surface area contributed by atoms with Crippen molar-refractivity contribution in [3.8, 4) is 0 Å². The van der Waals surface area contributed by atoms with Gasteiger partial charge in [0.1, 0.15) is 6.29 Å². The van der Waals surface area contributed by atoms with Gasteiger partial charge in [-0.1, -0.05) is 0 Å². The Hall–Kier alpha value is -2.26. The number of aldehydes is 1. The van der Waals surface area contributed by atoms with Crippen LogP contribution in [-0.2, 0) is 28.7 Å². The summed E-state index contributed by atoms with van der Waals surface area (Å²) in [4.78, 5) is 46.0. The zero-order valence-corrected chi connectivity index (χ0v) is 16.4. The largest absolute Gasteiger partial charge is 0.379 e. The average Bonchev–Trinajstić information content (AvgIpc) is 2.61. The van der Waals surface area contributed by atoms with E-state index < -0.39 is 0 Å². The van der Waals surface area contributed by atoms with Gasteiger partial charge in [0.25, 0.3) is 0 Å². The van der Waals surface area contributed by atoms with Gasteiger partial charge in [0, 0.05) is 45.1 Å². The normalized spacial score (nSPS) is 10.8. The molecular formula is C18H31N3O6. The summed E-state index contributed by atoms with van der Waals surface area (Å²) in [5.41, 5.74) is 0. The van der Waals surface area contributed by atoms with Crippen molar-refractivity contribution in [3.63, 3.8) is 0 Å². The molecule has 9 heteroatoms. The minimum absolute atomic E-state index is 0.0410. The maximum Gasteiger partial charge on any atom is 0.246 e. The predicted molar refractivity (Wildman–Crippen MR) is 100 cm³/mol. The maximum atomic E-state index is 11.7. The molecule has 0 aliphatic rings. The maximum absolute atomic E-state index is 11.7. The molecule has 2 N–H and O–H groups in total. The Bertz CT molecular complexity index is 493. The van der Waals surface area contributed by atoms with Gasteiger partial charge in [-0.2, -0.15) is 0 Å². The Labute approximate surface area is 160 Å². The van der Waals surface area contributed by atoms with Gasteiger partial charge >= 0.3 is 0 Å². The number of rotatable bonds is 15. The monoisotopic (exact) mass is 385 g/mol. The first-order valence-corrected chi connectivity index (χ1v) is 8.95. The van der Waals surface area contributed by atoms with E-state index >= 15 is 0 Å². The SMILES string of the molecule is CC(C)NC(=O)CCOCCOCCNC(=O)CCN(C)C(=O)/C=C\C=O. The number of nitrogens with one attached hydrogen (secondary N) is 2. The fourth-order valence-corrected chi connectivity index (χ4v) is 1.86. The van der Waals surface area contributed by atoms with Crippen molar-refractivity contribution in [2.24, 2.45) is 0 Å². The molecule has 0 aromatic carbocycles. The van der Waals surface area contributed by atoms with E-state index in [1.165, 1.54) is 4.90 Å². The number of hydrogen-bond acceptors (Lipinski definition) is 6. The molecule has 0 rings (SSSR count). The topological polar surface area (TPSA) is 114 Å². The van der Waals surface area contributed by atoms with Crippen molar-refractivity contribution in [2.45, 2.75) is 32.7 Å². The Kier molecular flexibility index (Phi) is 14.6. The number of nitrogens with zero attached hydrogens (tertiary/aromatic N) is 1. The highest BCUT2D eigenvalue weighted by atomic mass is 16.5. The molecule has 0 spiro atoms. The van der Waals surface area contributed by atoms with Crippen LogP contribution in [0, 0.1) is 0 Å². The van der Waals surface area contributed by atoms with Crippen LogP contribution in [0.2, 0.25) is 0 Å². The van der Waals surface area contributed by atoms with Crippen molar-refractivity contribution in [1.82, 2.24) is 15.5 Å². The third kappa shape index (κ3) is 15.7. The van der Waals surface area contributed by atoms with Gasteiger partial charge in [-0.05, 0) is 19.9 Å². The Morgan fingerprint density at radius 2 is 1.67 bits per heavy atom. The molecule has 0 radical (unpaired) electrons. The smallest absolute Gasteiger partial charge is 0.246 e. The summed E-state index contributed by atoms with van der Waals surface area (Å²) in [6, 6.07) is 0.122. The van der Waals surface area contributed by atoms with Crippen molar-refractivity contribution in [1.29, 1.82) is 0 Å². The minimum atomic E-state index is -0.333. The number of likely N-dealkylation sites (N-methyl/N-ethyl adjacent to an activating group) is 1. The first-order valence-electron chi connectivity index (χ1n) is 8.95. The van der Waals surface area contributed by atoms with Gasteiger partial charge in [0.2, 0.25) is 17.7 Å². The second kappa shape index (κ2) is 16.0. The molecule has 0 aliphatic heterocycles. The van der Waals surface area contributed by atoms with E-state index in [-0.39, 0.29) is 36.7 Å². The molecule has 3 amide bonds. The molecule has 9 nitrogen and oxygen atoms in total. The molecule has 0 fully saturated rings. The number of amides is 3. The van der Waals surface area contributed by atoms with Crippen LogP contribution in [-0.4, -0.2) is 81.5 Å². The predicted octanol–water partition coefficient (Wildman–Crippen LogP) is -0.346. The highest BCUT2D eigenvalue weighted by Gasteiger charge is 2.07. The number of carbonyl (C=O) groups is 4. The highest BCUT2D eigenvalue weighted by Crippen LogP contribution is 1.91. The lowest BCUT2D eigenvalue weighted by Gasteiger charge is -2.14. The Balaban J connectivity index is 3.53. The Morgan fingerprint density at radius 1 is 1.00 bits per heavy atom. The van der Waals surface area contributed by atoms with Crippen LogP contribution in [0.15, 0.2) is 12.2 Å². The third-order valence-corrected chi connectivity index (χ3v) is 3.23. The number of hydrogen-bond donors (Lipinski definition) is 2. The van der Waals surface area contributed by atoms with Crippen LogP contribution in [0.1, 0.15) is 26.7 Å². The lowest BCUT2D eigenvalue weighted by Crippen LogP contribution is -2.33. The summed E-state index contributed by atoms with van der Waals surface area (Å²) in [6.07, 6.45) is 3.26. The van der Waals surface area contributed by atoms with Crippen LogP contribution < -0.4 is 10.6 Å². The van der Waals surface area contributed by atoms with Gasteiger partial charge in [-0.25, -0.2) is 0 Å². The fourth-order valence-electron chi connectivity index (χ4n) is 1.86. The van der Waals surface area contributed by atoms with E-state index in [1.54, 1.807) is 7.05 Å². The van der Waals surface area contributed by atoms with Gasteiger partial charge < -0.3 is 25.0 Å². The molecule has 0 saturated carbocycles. The summed E-state index contributed by atoms with van der Waals surface area (Å²) in [7, 11) is 1.56. The van der Waals surface area contributed by atoms with Gasteiger partial charge in [0.05, 0.1) is 26.4 Å². The molecule has 0 saturated heterocycles. The summed E-state index contributed by atoms with van der Waals surface area (Å²) in [6.45, 7) is 5.86. The zero-order chi connectivity index (χ0) is 20.5. The van der Waals surface area contributed by atoms with Gasteiger partial charge in [-0.15, -0.1) is 0 Å². The van der Waals surface area contributed by atoms with Crippen molar-refractivity contribution in [2.75, 3.05) is 46.6 Å². The quantitative estimate of drug-likeness (QED) is 0.226. The van der Waals surface area contributed by atoms with Crippen molar-refractivity contribution >= 4 is 24.0 Å². The van der Waals surface area contributed by atoms with Crippen molar-refractivity contribution < 1.29 is 28.7 Å². The molecular weight excluding hydrogens is 354 g/mol. The number of ether oxygens (including phenoxy) is 2. The minimum Gasteiger partial charge on any atom is -0.379 e. The van der Waals surface area contributed by atoms with Crippen LogP contribution in [0.4, 0.5) is 0 Å². The van der Waals surface area contributed by atoms with Gasteiger partial charge in [-0.3, -0.25) is 19.2 Å². The zero-order valence-electron chi connectivity index (χ0n) is 16.4. The summed E-state index contributed by atoms with van der Waals surface area (Å²) < 4.78 is 10.6. The lowest BCUT2D eigenvalue weighted by molar-refractivity contribution is -0.126. The van der Waals surface area contributed by atoms with E-state index in [1.807, 2.05) is 13.8 Å². The summed E-state index contributed by atoms with van der Waals surface area (Å²) >= 11 is 0. The average molecular weight is 385 g/mol. The summed E-state index contributed by atoms with van der Waals surface area (Å²) in [5, 5.41) is 5.46. The molecule has 0 atom stereocenters. The molecule has 27 heavy (non-hydrogen) atoms. The van der Waals surface area contributed by atoms with Crippen LogP contribution in [0.5, 0.6) is 0 Å². The van der Waals surface area contributed by atoms with Crippen LogP contribution >= 0.6 is 0 Å². The fraction of sp³-hybridized carbons (Fsp3) is 0.667.